The van der Waals surface area contributed by atoms with Gasteiger partial charge in [-0.3, -0.25) is 4.79 Å². The fourth-order valence-corrected chi connectivity index (χ4v) is 3.85. The van der Waals surface area contributed by atoms with Crippen molar-refractivity contribution in [3.8, 4) is 5.75 Å². The maximum absolute atomic E-state index is 12.8. The molecule has 0 bridgehead atoms. The summed E-state index contributed by atoms with van der Waals surface area (Å²) in [5.74, 6) is 1.07. The number of para-hydroxylation sites is 1. The molecule has 0 unspecified atom stereocenters. The van der Waals surface area contributed by atoms with Crippen molar-refractivity contribution < 1.29 is 13.9 Å². The number of methoxy groups -OCH3 is 1. The molecule has 5 nitrogen and oxygen atoms in total. The van der Waals surface area contributed by atoms with Crippen LogP contribution >= 0.6 is 11.6 Å². The molecule has 0 spiro atoms. The summed E-state index contributed by atoms with van der Waals surface area (Å²) in [5.41, 5.74) is 2.90. The third-order valence-electron chi connectivity index (χ3n) is 5.03. The Kier molecular flexibility index (Phi) is 5.26. The van der Waals surface area contributed by atoms with Crippen LogP contribution in [-0.4, -0.2) is 26.1 Å². The third-order valence-corrected chi connectivity index (χ3v) is 5.27. The van der Waals surface area contributed by atoms with E-state index in [-0.39, 0.29) is 11.9 Å². The van der Waals surface area contributed by atoms with Crippen molar-refractivity contribution in [1.29, 1.82) is 0 Å². The van der Waals surface area contributed by atoms with Gasteiger partial charge in [0.2, 0.25) is 0 Å². The topological polar surface area (TPSA) is 54.7 Å². The van der Waals surface area contributed by atoms with Gasteiger partial charge in [-0.25, -0.2) is 0 Å². The second-order valence-corrected chi connectivity index (χ2v) is 7.09. The maximum atomic E-state index is 12.8. The van der Waals surface area contributed by atoms with Crippen LogP contribution in [0.15, 0.2) is 65.3 Å². The molecule has 0 saturated carbocycles. The zero-order valence-corrected chi connectivity index (χ0v) is 16.3. The zero-order chi connectivity index (χ0) is 19.5. The average Bonchev–Trinajstić information content (AvgIpc) is 3.39. The molecule has 28 heavy (non-hydrogen) atoms. The van der Waals surface area contributed by atoms with Gasteiger partial charge in [0, 0.05) is 23.8 Å². The summed E-state index contributed by atoms with van der Waals surface area (Å²) in [4.78, 5) is 15.1. The van der Waals surface area contributed by atoms with Gasteiger partial charge in [-0.15, -0.1) is 0 Å². The van der Waals surface area contributed by atoms with Crippen molar-refractivity contribution in [1.82, 2.24) is 5.32 Å². The number of nitrogens with zero attached hydrogens (tertiary/aromatic N) is 1. The van der Waals surface area contributed by atoms with Gasteiger partial charge in [-0.1, -0.05) is 29.8 Å². The van der Waals surface area contributed by atoms with Gasteiger partial charge in [-0.2, -0.15) is 0 Å². The maximum Gasteiger partial charge on any atom is 0.255 e. The summed E-state index contributed by atoms with van der Waals surface area (Å²) in [6, 6.07) is 17.1. The second-order valence-electron chi connectivity index (χ2n) is 6.66. The van der Waals surface area contributed by atoms with E-state index in [4.69, 9.17) is 20.8 Å². The number of nitrogens with one attached hydrogen (secondary N) is 1. The summed E-state index contributed by atoms with van der Waals surface area (Å²) in [6.45, 7) is 1.28. The highest BCUT2D eigenvalue weighted by molar-refractivity contribution is 6.31. The first-order valence-electron chi connectivity index (χ1n) is 9.17. The lowest BCUT2D eigenvalue weighted by atomic mass is 10.1. The van der Waals surface area contributed by atoms with Gasteiger partial charge in [-0.05, 0) is 48.4 Å². The van der Waals surface area contributed by atoms with Crippen LogP contribution in [0.3, 0.4) is 0 Å². The number of benzene rings is 2. The first-order chi connectivity index (χ1) is 13.7. The standard InChI is InChI=1S/C22H21ClN2O3/c1-27-20-9-8-16(23)13-17(20)22(26)24-14-19(21-7-4-12-28-21)25-11-10-15-5-2-3-6-18(15)25/h2-9,12-13,19H,10-11,14H2,1H3,(H,24,26)/t19-/m0/s1. The largest absolute Gasteiger partial charge is 0.496 e. The summed E-state index contributed by atoms with van der Waals surface area (Å²) in [7, 11) is 1.53. The molecule has 1 amide bonds. The molecule has 2 heterocycles. The van der Waals surface area contributed by atoms with E-state index < -0.39 is 0 Å². The van der Waals surface area contributed by atoms with Gasteiger partial charge in [0.15, 0.2) is 0 Å². The van der Waals surface area contributed by atoms with Crippen LogP contribution in [-0.2, 0) is 6.42 Å². The lowest BCUT2D eigenvalue weighted by molar-refractivity contribution is 0.0947. The minimum atomic E-state index is -0.233. The van der Waals surface area contributed by atoms with E-state index in [1.54, 1.807) is 24.5 Å². The Morgan fingerprint density at radius 3 is 2.89 bits per heavy atom. The fourth-order valence-electron chi connectivity index (χ4n) is 3.68. The van der Waals surface area contributed by atoms with E-state index in [1.165, 1.54) is 18.4 Å². The van der Waals surface area contributed by atoms with Crippen molar-refractivity contribution in [3.05, 3.63) is 82.8 Å². The molecule has 0 radical (unpaired) electrons. The van der Waals surface area contributed by atoms with Gasteiger partial charge >= 0.3 is 0 Å². The van der Waals surface area contributed by atoms with E-state index in [9.17, 15) is 4.79 Å². The van der Waals surface area contributed by atoms with Crippen molar-refractivity contribution in [2.75, 3.05) is 25.1 Å². The minimum absolute atomic E-state index is 0.104. The Morgan fingerprint density at radius 2 is 2.11 bits per heavy atom. The molecule has 1 N–H and O–H groups in total. The Labute approximate surface area is 168 Å². The van der Waals surface area contributed by atoms with Crippen LogP contribution in [0.2, 0.25) is 5.02 Å². The zero-order valence-electron chi connectivity index (χ0n) is 15.5. The number of halogens is 1. The normalized spacial score (nSPS) is 13.9. The van der Waals surface area contributed by atoms with Crippen molar-refractivity contribution in [3.63, 3.8) is 0 Å². The molecule has 2 aromatic carbocycles. The molecule has 1 aromatic heterocycles. The highest BCUT2D eigenvalue weighted by atomic mass is 35.5. The fraction of sp³-hybridized carbons (Fsp3) is 0.227. The van der Waals surface area contributed by atoms with Crippen LogP contribution in [0, 0.1) is 0 Å². The molecule has 0 aliphatic carbocycles. The second kappa shape index (κ2) is 7.98. The van der Waals surface area contributed by atoms with E-state index in [0.717, 1.165) is 18.7 Å². The number of rotatable bonds is 6. The molecule has 1 aliphatic heterocycles. The van der Waals surface area contributed by atoms with Crippen molar-refractivity contribution in [2.24, 2.45) is 0 Å². The number of furan rings is 1. The third kappa shape index (κ3) is 3.58. The Morgan fingerprint density at radius 1 is 1.25 bits per heavy atom. The molecule has 3 aromatic rings. The highest BCUT2D eigenvalue weighted by Gasteiger charge is 2.29. The van der Waals surface area contributed by atoms with Gasteiger partial charge in [0.25, 0.3) is 5.91 Å². The molecule has 1 atom stereocenters. The van der Waals surface area contributed by atoms with Crippen molar-refractivity contribution >= 4 is 23.2 Å². The highest BCUT2D eigenvalue weighted by Crippen LogP contribution is 2.35. The number of hydrogen-bond acceptors (Lipinski definition) is 4. The van der Waals surface area contributed by atoms with Gasteiger partial charge < -0.3 is 19.4 Å². The summed E-state index contributed by atoms with van der Waals surface area (Å²) in [5, 5.41) is 3.51. The molecule has 144 valence electrons. The molecule has 6 heteroatoms. The van der Waals surface area contributed by atoms with Crippen LogP contribution in [0.5, 0.6) is 5.75 Å². The van der Waals surface area contributed by atoms with Crippen LogP contribution in [0.25, 0.3) is 0 Å². The van der Waals surface area contributed by atoms with Crippen LogP contribution in [0.4, 0.5) is 5.69 Å². The molecule has 4 rings (SSSR count). The minimum Gasteiger partial charge on any atom is -0.496 e. The number of carbonyl (C=O) groups excluding carboxylic acids is 1. The summed E-state index contributed by atoms with van der Waals surface area (Å²) < 4.78 is 11.0. The van der Waals surface area contributed by atoms with E-state index >= 15 is 0 Å². The smallest absolute Gasteiger partial charge is 0.255 e. The number of anilines is 1. The molecular formula is C22H21ClN2O3. The lowest BCUT2D eigenvalue weighted by Gasteiger charge is -2.29. The Hall–Kier alpha value is -2.92. The predicted molar refractivity (Wildman–Crippen MR) is 109 cm³/mol. The number of hydrogen-bond donors (Lipinski definition) is 1. The van der Waals surface area contributed by atoms with E-state index in [1.807, 2.05) is 18.2 Å². The lowest BCUT2D eigenvalue weighted by Crippen LogP contribution is -2.37. The Balaban J connectivity index is 1.57. The van der Waals surface area contributed by atoms with E-state index in [0.29, 0.717) is 22.9 Å². The SMILES string of the molecule is COc1ccc(Cl)cc1C(=O)NC[C@@H](c1ccco1)N1CCc2ccccc21. The first-order valence-corrected chi connectivity index (χ1v) is 9.55. The molecule has 0 fully saturated rings. The Bertz CT molecular complexity index is 972. The van der Waals surface area contributed by atoms with Crippen molar-refractivity contribution in [2.45, 2.75) is 12.5 Å². The molecule has 1 aliphatic rings. The van der Waals surface area contributed by atoms with Gasteiger partial charge in [0.05, 0.1) is 18.9 Å². The monoisotopic (exact) mass is 396 g/mol. The average molecular weight is 397 g/mol. The van der Waals surface area contributed by atoms with Crippen LogP contribution < -0.4 is 15.0 Å². The first kappa shape index (κ1) is 18.4. The summed E-state index contributed by atoms with van der Waals surface area (Å²) >= 11 is 6.06. The van der Waals surface area contributed by atoms with E-state index in [2.05, 4.69) is 28.4 Å². The quantitative estimate of drug-likeness (QED) is 0.667. The van der Waals surface area contributed by atoms with Gasteiger partial charge in [0.1, 0.15) is 17.6 Å². The summed E-state index contributed by atoms with van der Waals surface area (Å²) in [6.07, 6.45) is 2.63. The number of fused-ring (bicyclic) bond motifs is 1. The number of ether oxygens (including phenoxy) is 1. The molecule has 0 saturated heterocycles. The van der Waals surface area contributed by atoms with Crippen LogP contribution in [0.1, 0.15) is 27.7 Å². The predicted octanol–water partition coefficient (Wildman–Crippen LogP) is 4.48. The number of amides is 1. The number of carbonyl (C=O) groups is 1. The molecular weight excluding hydrogens is 376 g/mol.